The number of halogens is 2. The Morgan fingerprint density at radius 3 is 2.53 bits per heavy atom. The normalized spacial score (nSPS) is 10.7. The Hall–Kier alpha value is -0.870. The van der Waals surface area contributed by atoms with Crippen LogP contribution in [0.4, 0.5) is 0 Å². The van der Waals surface area contributed by atoms with E-state index in [1.165, 1.54) is 0 Å². The zero-order valence-electron chi connectivity index (χ0n) is 10.7. The van der Waals surface area contributed by atoms with E-state index < -0.39 is 0 Å². The highest BCUT2D eigenvalue weighted by Crippen LogP contribution is 2.31. The van der Waals surface area contributed by atoms with E-state index in [4.69, 9.17) is 0 Å². The number of rotatable bonds is 5. The monoisotopic (exact) mass is 383 g/mol. The molecule has 1 N–H and O–H groups in total. The number of H-pyrrole nitrogens is 1. The van der Waals surface area contributed by atoms with Gasteiger partial charge in [0.05, 0.1) is 14.8 Å². The lowest BCUT2D eigenvalue weighted by Crippen LogP contribution is -2.05. The van der Waals surface area contributed by atoms with Gasteiger partial charge in [-0.05, 0) is 50.3 Å². The van der Waals surface area contributed by atoms with Gasteiger partial charge in [-0.15, -0.1) is 0 Å². The van der Waals surface area contributed by atoms with Crippen LogP contribution in [0.2, 0.25) is 0 Å². The topological polar surface area (TPSA) is 32.9 Å². The van der Waals surface area contributed by atoms with E-state index in [0.29, 0.717) is 11.3 Å². The van der Waals surface area contributed by atoms with Crippen molar-refractivity contribution in [3.63, 3.8) is 0 Å². The highest BCUT2D eigenvalue weighted by molar-refractivity contribution is 9.13. The Kier molecular flexibility index (Phi) is 4.99. The first-order valence-electron chi connectivity index (χ1n) is 6.30. The molecule has 100 valence electrons. The first-order chi connectivity index (χ1) is 9.15. The second-order valence-electron chi connectivity index (χ2n) is 4.41. The predicted molar refractivity (Wildman–Crippen MR) is 84.7 cm³/mol. The van der Waals surface area contributed by atoms with Gasteiger partial charge in [-0.2, -0.15) is 0 Å². The van der Waals surface area contributed by atoms with Crippen LogP contribution < -0.4 is 0 Å². The summed E-state index contributed by atoms with van der Waals surface area (Å²) in [4.78, 5) is 15.7. The average molecular weight is 385 g/mol. The molecule has 2 rings (SSSR count). The maximum Gasteiger partial charge on any atom is 0.209 e. The molecule has 2 aromatic rings. The van der Waals surface area contributed by atoms with E-state index in [1.807, 2.05) is 30.3 Å². The van der Waals surface area contributed by atoms with Crippen molar-refractivity contribution in [2.75, 3.05) is 0 Å². The minimum absolute atomic E-state index is 0.0399. The number of hydrogen-bond acceptors (Lipinski definition) is 1. The molecule has 0 saturated carbocycles. The van der Waals surface area contributed by atoms with Crippen LogP contribution in [0, 0.1) is 0 Å². The Labute approximate surface area is 129 Å². The summed E-state index contributed by atoms with van der Waals surface area (Å²) in [6, 6.07) is 9.36. The fourth-order valence-electron chi connectivity index (χ4n) is 2.00. The lowest BCUT2D eigenvalue weighted by molar-refractivity contribution is 0.103. The van der Waals surface area contributed by atoms with Gasteiger partial charge in [0.25, 0.3) is 0 Å². The van der Waals surface area contributed by atoms with E-state index in [1.54, 1.807) is 0 Å². The fourth-order valence-corrected chi connectivity index (χ4v) is 2.93. The number of hydrogen-bond donors (Lipinski definition) is 1. The number of benzene rings is 1. The summed E-state index contributed by atoms with van der Waals surface area (Å²) in [6.45, 7) is 2.15. The maximum atomic E-state index is 12.5. The summed E-state index contributed by atoms with van der Waals surface area (Å²) >= 11 is 6.99. The lowest BCUT2D eigenvalue weighted by Gasteiger charge is -2.04. The molecule has 19 heavy (non-hydrogen) atoms. The van der Waals surface area contributed by atoms with Gasteiger partial charge in [-0.1, -0.05) is 43.7 Å². The lowest BCUT2D eigenvalue weighted by atomic mass is 10.0. The van der Waals surface area contributed by atoms with Crippen LogP contribution in [0.15, 0.2) is 39.4 Å². The van der Waals surface area contributed by atoms with Gasteiger partial charge < -0.3 is 4.98 Å². The quantitative estimate of drug-likeness (QED) is 0.713. The van der Waals surface area contributed by atoms with Crippen LogP contribution in [0.3, 0.4) is 0 Å². The van der Waals surface area contributed by atoms with Crippen molar-refractivity contribution in [3.05, 3.63) is 56.2 Å². The van der Waals surface area contributed by atoms with E-state index in [9.17, 15) is 4.79 Å². The molecule has 0 fully saturated rings. The number of aromatic amines is 1. The Morgan fingerprint density at radius 1 is 1.21 bits per heavy atom. The number of unbranched alkanes of at least 4 members (excludes halogenated alkanes) is 1. The molecule has 2 nitrogen and oxygen atoms in total. The third-order valence-corrected chi connectivity index (χ3v) is 5.04. The molecule has 0 unspecified atom stereocenters. The molecular weight excluding hydrogens is 370 g/mol. The molecule has 1 heterocycles. The molecule has 0 saturated heterocycles. The highest BCUT2D eigenvalue weighted by atomic mass is 79.9. The van der Waals surface area contributed by atoms with Crippen LogP contribution in [0.1, 0.15) is 41.4 Å². The largest absolute Gasteiger partial charge is 0.345 e. The van der Waals surface area contributed by atoms with E-state index in [2.05, 4.69) is 43.8 Å². The van der Waals surface area contributed by atoms with Crippen molar-refractivity contribution in [2.45, 2.75) is 26.2 Å². The van der Waals surface area contributed by atoms with Gasteiger partial charge >= 0.3 is 0 Å². The van der Waals surface area contributed by atoms with Crippen LogP contribution >= 0.6 is 31.9 Å². The van der Waals surface area contributed by atoms with Crippen molar-refractivity contribution in [2.24, 2.45) is 0 Å². The molecule has 0 atom stereocenters. The third-order valence-electron chi connectivity index (χ3n) is 3.04. The molecule has 0 aliphatic heterocycles. The van der Waals surface area contributed by atoms with Crippen molar-refractivity contribution in [1.82, 2.24) is 4.98 Å². The molecule has 0 aliphatic rings. The smallest absolute Gasteiger partial charge is 0.209 e. The van der Waals surface area contributed by atoms with Crippen molar-refractivity contribution >= 4 is 37.6 Å². The van der Waals surface area contributed by atoms with Gasteiger partial charge in [-0.3, -0.25) is 4.79 Å². The second kappa shape index (κ2) is 6.53. The molecule has 0 aliphatic carbocycles. The summed E-state index contributed by atoms with van der Waals surface area (Å²) in [6.07, 6.45) is 3.07. The summed E-state index contributed by atoms with van der Waals surface area (Å²) in [5.41, 5.74) is 2.45. The van der Waals surface area contributed by atoms with Gasteiger partial charge in [0.2, 0.25) is 5.78 Å². The molecule has 4 heteroatoms. The van der Waals surface area contributed by atoms with Gasteiger partial charge in [-0.25, -0.2) is 0 Å². The van der Waals surface area contributed by atoms with Crippen molar-refractivity contribution in [3.8, 4) is 0 Å². The minimum Gasteiger partial charge on any atom is -0.345 e. The number of carbonyl (C=O) groups is 1. The number of carbonyl (C=O) groups excluding carboxylic acids is 1. The Bertz CT molecular complexity index is 575. The highest BCUT2D eigenvalue weighted by Gasteiger charge is 2.20. The average Bonchev–Trinajstić information content (AvgIpc) is 2.73. The van der Waals surface area contributed by atoms with E-state index in [-0.39, 0.29) is 5.78 Å². The maximum absolute atomic E-state index is 12.5. The summed E-state index contributed by atoms with van der Waals surface area (Å²) < 4.78 is 1.79. The SMILES string of the molecule is CCCCc1c(C(=O)c2ccccc2)[nH]c(Br)c1Br. The number of nitrogens with one attached hydrogen (secondary N) is 1. The Balaban J connectivity index is 2.39. The Morgan fingerprint density at radius 2 is 1.89 bits per heavy atom. The van der Waals surface area contributed by atoms with Crippen molar-refractivity contribution in [1.29, 1.82) is 0 Å². The van der Waals surface area contributed by atoms with Crippen molar-refractivity contribution < 1.29 is 4.79 Å². The first-order valence-corrected chi connectivity index (χ1v) is 7.89. The van der Waals surface area contributed by atoms with Crippen LogP contribution in [0.5, 0.6) is 0 Å². The first kappa shape index (κ1) is 14.5. The minimum atomic E-state index is 0.0399. The molecule has 1 aromatic heterocycles. The fraction of sp³-hybridized carbons (Fsp3) is 0.267. The van der Waals surface area contributed by atoms with Gasteiger partial charge in [0, 0.05) is 5.56 Å². The number of aromatic nitrogens is 1. The second-order valence-corrected chi connectivity index (χ2v) is 5.99. The van der Waals surface area contributed by atoms with E-state index >= 15 is 0 Å². The molecular formula is C15H15Br2NO. The van der Waals surface area contributed by atoms with Crippen LogP contribution in [0.25, 0.3) is 0 Å². The summed E-state index contributed by atoms with van der Waals surface area (Å²) in [5, 5.41) is 0. The van der Waals surface area contributed by atoms with Crippen LogP contribution in [-0.4, -0.2) is 10.8 Å². The molecule has 0 bridgehead atoms. The van der Waals surface area contributed by atoms with Gasteiger partial charge in [0.15, 0.2) is 0 Å². The van der Waals surface area contributed by atoms with Crippen LogP contribution in [-0.2, 0) is 6.42 Å². The summed E-state index contributed by atoms with van der Waals surface area (Å²) in [7, 11) is 0. The summed E-state index contributed by atoms with van der Waals surface area (Å²) in [5.74, 6) is 0.0399. The predicted octanol–water partition coefficient (Wildman–Crippen LogP) is 5.11. The molecule has 0 radical (unpaired) electrons. The standard InChI is InChI=1S/C15H15Br2NO/c1-2-3-9-11-12(16)15(17)18-13(11)14(19)10-7-5-4-6-8-10/h4-8,18H,2-3,9H2,1H3. The van der Waals surface area contributed by atoms with E-state index in [0.717, 1.165) is 33.9 Å². The molecule has 1 aromatic carbocycles. The zero-order chi connectivity index (χ0) is 13.8. The van der Waals surface area contributed by atoms with Gasteiger partial charge in [0.1, 0.15) is 0 Å². The number of ketones is 1. The third kappa shape index (κ3) is 3.18. The zero-order valence-corrected chi connectivity index (χ0v) is 13.8. The molecule has 0 spiro atoms. The molecule has 0 amide bonds.